The minimum absolute atomic E-state index is 0.0269. The molecule has 0 unspecified atom stereocenters. The highest BCUT2D eigenvalue weighted by Crippen LogP contribution is 2.31. The van der Waals surface area contributed by atoms with Crippen molar-refractivity contribution in [1.29, 1.82) is 0 Å². The highest BCUT2D eigenvalue weighted by atomic mass is 16.2. The quantitative estimate of drug-likeness (QED) is 0.935. The van der Waals surface area contributed by atoms with Crippen LogP contribution in [-0.4, -0.2) is 58.3 Å². The average molecular weight is 339 g/mol. The van der Waals surface area contributed by atoms with Crippen LogP contribution in [0.25, 0.3) is 0 Å². The lowest BCUT2D eigenvalue weighted by Gasteiger charge is -2.36. The third kappa shape index (κ3) is 3.54. The molecule has 1 aromatic carbocycles. The number of aromatic nitrogens is 2. The number of amides is 2. The first-order chi connectivity index (χ1) is 12.2. The fourth-order valence-electron chi connectivity index (χ4n) is 4.07. The third-order valence-corrected chi connectivity index (χ3v) is 5.41. The van der Waals surface area contributed by atoms with Gasteiger partial charge in [-0.25, -0.2) is 4.79 Å². The van der Waals surface area contributed by atoms with Crippen molar-refractivity contribution in [2.24, 2.45) is 5.92 Å². The number of hydrogen-bond donors (Lipinski definition) is 1. The molecule has 1 N–H and O–H groups in total. The minimum Gasteiger partial charge on any atom is -0.320 e. The van der Waals surface area contributed by atoms with E-state index >= 15 is 0 Å². The summed E-state index contributed by atoms with van der Waals surface area (Å²) < 4.78 is 1.88. The minimum atomic E-state index is 0.0269. The lowest BCUT2D eigenvalue weighted by Crippen LogP contribution is -2.49. The van der Waals surface area contributed by atoms with Gasteiger partial charge < -0.3 is 15.1 Å². The summed E-state index contributed by atoms with van der Waals surface area (Å²) in [6.45, 7) is 3.70. The lowest BCUT2D eigenvalue weighted by molar-refractivity contribution is 0.137. The Balaban J connectivity index is 1.42. The summed E-state index contributed by atoms with van der Waals surface area (Å²) in [6, 6.07) is 10.3. The molecule has 25 heavy (non-hydrogen) atoms. The molecule has 2 atom stereocenters. The molecule has 0 aliphatic carbocycles. The van der Waals surface area contributed by atoms with Gasteiger partial charge in [-0.3, -0.25) is 4.68 Å². The maximum Gasteiger partial charge on any atom is 0.322 e. The van der Waals surface area contributed by atoms with Crippen molar-refractivity contribution in [3.8, 4) is 0 Å². The van der Waals surface area contributed by atoms with Gasteiger partial charge in [0.1, 0.15) is 0 Å². The van der Waals surface area contributed by atoms with Crippen LogP contribution in [0.5, 0.6) is 0 Å². The third-order valence-electron chi connectivity index (χ3n) is 5.41. The number of piperidine rings is 1. The van der Waals surface area contributed by atoms with E-state index in [-0.39, 0.29) is 6.03 Å². The van der Waals surface area contributed by atoms with E-state index in [1.807, 2.05) is 40.0 Å². The Morgan fingerprint density at radius 3 is 3.00 bits per heavy atom. The lowest BCUT2D eigenvalue weighted by atomic mass is 9.92. The number of nitrogens with zero attached hydrogens (tertiary/aromatic N) is 4. The Morgan fingerprint density at radius 2 is 2.16 bits per heavy atom. The molecule has 2 aromatic rings. The fraction of sp³-hybridized carbons (Fsp3) is 0.474. The van der Waals surface area contributed by atoms with E-state index in [4.69, 9.17) is 0 Å². The number of nitrogens with one attached hydrogen (secondary N) is 1. The van der Waals surface area contributed by atoms with Crippen molar-refractivity contribution in [2.45, 2.75) is 25.4 Å². The van der Waals surface area contributed by atoms with Crippen LogP contribution in [0.4, 0.5) is 10.5 Å². The first-order valence-electron chi connectivity index (χ1n) is 9.01. The van der Waals surface area contributed by atoms with Gasteiger partial charge in [-0.05, 0) is 56.1 Å². The number of carbonyl (C=O) groups excluding carboxylic acids is 1. The van der Waals surface area contributed by atoms with Crippen LogP contribution in [0.15, 0.2) is 42.7 Å². The van der Waals surface area contributed by atoms with E-state index in [1.54, 1.807) is 6.20 Å². The predicted octanol–water partition coefficient (Wildman–Crippen LogP) is 2.49. The molecule has 3 heterocycles. The Bertz CT molecular complexity index is 729. The second kappa shape index (κ2) is 6.88. The van der Waals surface area contributed by atoms with E-state index < -0.39 is 0 Å². The molecule has 2 aliphatic rings. The summed E-state index contributed by atoms with van der Waals surface area (Å²) in [4.78, 5) is 17.1. The maximum absolute atomic E-state index is 12.8. The largest absolute Gasteiger partial charge is 0.322 e. The highest BCUT2D eigenvalue weighted by molar-refractivity contribution is 5.89. The summed E-state index contributed by atoms with van der Waals surface area (Å²) in [7, 11) is 2.14. The van der Waals surface area contributed by atoms with E-state index in [0.717, 1.165) is 37.3 Å². The van der Waals surface area contributed by atoms with Gasteiger partial charge in [0.05, 0.1) is 6.54 Å². The molecule has 2 amide bonds. The normalized spacial score (nSPS) is 23.5. The van der Waals surface area contributed by atoms with Crippen molar-refractivity contribution < 1.29 is 4.79 Å². The highest BCUT2D eigenvalue weighted by Gasteiger charge is 2.39. The molecule has 0 radical (unpaired) electrons. The van der Waals surface area contributed by atoms with E-state index in [0.29, 0.717) is 18.5 Å². The summed E-state index contributed by atoms with van der Waals surface area (Å²) >= 11 is 0. The zero-order valence-corrected chi connectivity index (χ0v) is 14.6. The van der Waals surface area contributed by atoms with Gasteiger partial charge in [0.15, 0.2) is 0 Å². The number of anilines is 1. The first-order valence-corrected chi connectivity index (χ1v) is 9.01. The number of urea groups is 1. The molecule has 6 heteroatoms. The van der Waals surface area contributed by atoms with Crippen LogP contribution in [-0.2, 0) is 6.54 Å². The number of benzene rings is 1. The van der Waals surface area contributed by atoms with Crippen molar-refractivity contribution in [3.05, 3.63) is 48.3 Å². The summed E-state index contributed by atoms with van der Waals surface area (Å²) in [5.74, 6) is 0.660. The topological polar surface area (TPSA) is 53.4 Å². The maximum atomic E-state index is 12.8. The number of likely N-dealkylation sites (N-methyl/N-ethyl adjacent to an activating group) is 1. The first kappa shape index (κ1) is 16.1. The smallest absolute Gasteiger partial charge is 0.320 e. The van der Waals surface area contributed by atoms with Crippen molar-refractivity contribution in [1.82, 2.24) is 19.6 Å². The SMILES string of the molecule is CN1CC[C@@H]2CCN(C(=O)Nc3cccc(Cn4cccn4)c3)[C@H]2C1. The van der Waals surface area contributed by atoms with Crippen LogP contribution in [0, 0.1) is 5.92 Å². The van der Waals surface area contributed by atoms with E-state index in [9.17, 15) is 4.79 Å². The van der Waals surface area contributed by atoms with Crippen molar-refractivity contribution in [2.75, 3.05) is 32.0 Å². The molecule has 6 nitrogen and oxygen atoms in total. The molecule has 0 spiro atoms. The number of fused-ring (bicyclic) bond motifs is 1. The molecular weight excluding hydrogens is 314 g/mol. The Morgan fingerprint density at radius 1 is 1.28 bits per heavy atom. The van der Waals surface area contributed by atoms with Crippen molar-refractivity contribution in [3.63, 3.8) is 0 Å². The van der Waals surface area contributed by atoms with Crippen molar-refractivity contribution >= 4 is 11.7 Å². The van der Waals surface area contributed by atoms with Gasteiger partial charge in [-0.1, -0.05) is 12.1 Å². The van der Waals surface area contributed by atoms with Crippen LogP contribution >= 0.6 is 0 Å². The Labute approximate surface area is 148 Å². The number of carbonyl (C=O) groups is 1. The van der Waals surface area contributed by atoms with Gasteiger partial charge >= 0.3 is 6.03 Å². The van der Waals surface area contributed by atoms with E-state index in [1.165, 1.54) is 6.42 Å². The second-order valence-electron chi connectivity index (χ2n) is 7.19. The standard InChI is InChI=1S/C19H25N5O/c1-22-10-6-16-7-11-24(18(16)14-22)19(25)21-17-5-2-4-15(12-17)13-23-9-3-8-20-23/h2-5,8-9,12,16,18H,6-7,10-11,13-14H2,1H3,(H,21,25)/t16-,18+/m1/s1. The molecule has 0 bridgehead atoms. The Kier molecular flexibility index (Phi) is 4.44. The molecule has 1 aromatic heterocycles. The van der Waals surface area contributed by atoms with Crippen LogP contribution in [0.2, 0.25) is 0 Å². The summed E-state index contributed by atoms with van der Waals surface area (Å²) in [5, 5.41) is 7.32. The molecule has 132 valence electrons. The van der Waals surface area contributed by atoms with Gasteiger partial charge in [0.25, 0.3) is 0 Å². The molecule has 4 rings (SSSR count). The van der Waals surface area contributed by atoms with Crippen LogP contribution in [0.1, 0.15) is 18.4 Å². The number of likely N-dealkylation sites (tertiary alicyclic amines) is 2. The summed E-state index contributed by atoms with van der Waals surface area (Å²) in [5.41, 5.74) is 1.97. The number of hydrogen-bond acceptors (Lipinski definition) is 3. The van der Waals surface area contributed by atoms with E-state index in [2.05, 4.69) is 28.4 Å². The molecule has 2 saturated heterocycles. The van der Waals surface area contributed by atoms with Crippen LogP contribution in [0.3, 0.4) is 0 Å². The van der Waals surface area contributed by atoms with Crippen LogP contribution < -0.4 is 5.32 Å². The second-order valence-corrected chi connectivity index (χ2v) is 7.19. The van der Waals surface area contributed by atoms with Gasteiger partial charge in [-0.2, -0.15) is 5.10 Å². The van der Waals surface area contributed by atoms with Gasteiger partial charge in [0.2, 0.25) is 0 Å². The fourth-order valence-corrected chi connectivity index (χ4v) is 4.07. The zero-order valence-electron chi connectivity index (χ0n) is 14.6. The predicted molar refractivity (Wildman–Crippen MR) is 97.5 cm³/mol. The average Bonchev–Trinajstić information content (AvgIpc) is 3.24. The zero-order chi connectivity index (χ0) is 17.2. The van der Waals surface area contributed by atoms with Gasteiger partial charge in [-0.15, -0.1) is 0 Å². The number of rotatable bonds is 3. The molecular formula is C19H25N5O. The van der Waals surface area contributed by atoms with Gasteiger partial charge in [0, 0.05) is 37.2 Å². The molecule has 0 saturated carbocycles. The Hall–Kier alpha value is -2.34. The summed E-state index contributed by atoms with van der Waals surface area (Å²) in [6.07, 6.45) is 6.04. The monoisotopic (exact) mass is 339 g/mol. The molecule has 2 aliphatic heterocycles. The molecule has 2 fully saturated rings.